The number of nitrogens with one attached hydrogen (secondary N) is 4. The third-order valence-electron chi connectivity index (χ3n) is 14.0. The normalized spacial score (nSPS) is 20.0. The number of aromatic nitrogens is 1. The van der Waals surface area contributed by atoms with Gasteiger partial charge in [0.05, 0.1) is 48.3 Å². The second-order valence-electron chi connectivity index (χ2n) is 20.0. The maximum Gasteiger partial charge on any atom is 0.341 e. The van der Waals surface area contributed by atoms with Gasteiger partial charge in [0, 0.05) is 67.5 Å². The van der Waals surface area contributed by atoms with Crippen LogP contribution in [0.4, 0.5) is 25.0 Å². The number of benzene rings is 2. The Balaban J connectivity index is 0.983. The molecule has 3 fully saturated rings. The number of hydrogen-bond acceptors (Lipinski definition) is 9. The van der Waals surface area contributed by atoms with Crippen LogP contribution < -0.4 is 37.3 Å². The zero-order chi connectivity index (χ0) is 50.8. The number of nitrogens with zero attached hydrogens (tertiary/aromatic N) is 4. The lowest BCUT2D eigenvalue weighted by Crippen LogP contribution is -2.54. The molecule has 0 unspecified atom stereocenters. The Labute approximate surface area is 408 Å². The van der Waals surface area contributed by atoms with E-state index in [-0.39, 0.29) is 89.1 Å². The molecule has 2 saturated carbocycles. The Morgan fingerprint density at radius 3 is 2.24 bits per heavy atom. The molecule has 18 nitrogen and oxygen atoms in total. The van der Waals surface area contributed by atoms with E-state index >= 15 is 4.39 Å². The van der Waals surface area contributed by atoms with E-state index in [1.165, 1.54) is 16.7 Å². The number of halogens is 3. The van der Waals surface area contributed by atoms with Gasteiger partial charge in [-0.15, -0.1) is 0 Å². The average Bonchev–Trinajstić information content (AvgIpc) is 4.16. The molecule has 70 heavy (non-hydrogen) atoms. The van der Waals surface area contributed by atoms with Gasteiger partial charge in [-0.1, -0.05) is 44.0 Å². The lowest BCUT2D eigenvalue weighted by molar-refractivity contribution is -0.930. The average molecular weight is 994 g/mol. The molecule has 1 spiro atoms. The summed E-state index contributed by atoms with van der Waals surface area (Å²) in [6.07, 6.45) is 6.32. The molecule has 0 radical (unpaired) electrons. The number of primary amides is 1. The number of carboxylic acids is 1. The Kier molecular flexibility index (Phi) is 15.4. The molecular weight excluding hydrogens is 932 g/mol. The number of unbranched alkanes of at least 4 members (excludes halogenated alkanes) is 2. The monoisotopic (exact) mass is 992 g/mol. The van der Waals surface area contributed by atoms with Crippen molar-refractivity contribution in [3.8, 4) is 0 Å². The van der Waals surface area contributed by atoms with Crippen LogP contribution in [0, 0.1) is 17.2 Å². The van der Waals surface area contributed by atoms with Gasteiger partial charge in [-0.25, -0.2) is 18.4 Å². The predicted molar refractivity (Wildman–Crippen MR) is 257 cm³/mol. The third kappa shape index (κ3) is 11.4. The summed E-state index contributed by atoms with van der Waals surface area (Å²) in [5.74, 6) is -4.77. The van der Waals surface area contributed by atoms with Crippen molar-refractivity contribution >= 4 is 75.4 Å². The fraction of sp³-hybridized carbons (Fsp3) is 0.510. The number of alkyl halides is 1. The topological polar surface area (TPSA) is 242 Å². The number of imide groups is 1. The van der Waals surface area contributed by atoms with Crippen LogP contribution in [0.2, 0.25) is 5.02 Å². The van der Waals surface area contributed by atoms with E-state index in [1.807, 2.05) is 17.0 Å². The number of nitrogens with two attached hydrogens (primary N) is 1. The largest absolute Gasteiger partial charge is 0.477 e. The molecule has 21 heteroatoms. The van der Waals surface area contributed by atoms with Crippen molar-refractivity contribution in [3.05, 3.63) is 80.9 Å². The van der Waals surface area contributed by atoms with E-state index in [4.69, 9.17) is 17.3 Å². The van der Waals surface area contributed by atoms with Crippen molar-refractivity contribution in [2.24, 2.45) is 17.1 Å². The second kappa shape index (κ2) is 20.9. The number of anilines is 2. The number of rotatable bonds is 22. The predicted octanol–water partition coefficient (Wildman–Crippen LogP) is 4.52. The minimum Gasteiger partial charge on any atom is -0.477 e. The smallest absolute Gasteiger partial charge is 0.341 e. The number of carbonyl (C=O) groups excluding carboxylic acids is 6. The molecule has 4 aliphatic rings. The highest BCUT2D eigenvalue weighted by Gasteiger charge is 2.62. The number of fused-ring (bicyclic) bond motifs is 1. The second-order valence-corrected chi connectivity index (χ2v) is 20.3. The summed E-state index contributed by atoms with van der Waals surface area (Å²) in [5.41, 5.74) is 5.20. The molecule has 3 heterocycles. The zero-order valence-electron chi connectivity index (χ0n) is 39.7. The summed E-state index contributed by atoms with van der Waals surface area (Å²) in [6.45, 7) is 5.41. The summed E-state index contributed by atoms with van der Waals surface area (Å²) in [4.78, 5) is 104. The minimum atomic E-state index is -1.50. The molecule has 2 aliphatic carbocycles. The number of quaternary nitrogens is 1. The number of likely N-dealkylation sites (N-methyl/N-ethyl adjacent to an activating group) is 1. The molecular formula is C49H61ClF2N9O9+. The highest BCUT2D eigenvalue weighted by Crippen LogP contribution is 2.57. The van der Waals surface area contributed by atoms with Gasteiger partial charge < -0.3 is 46.1 Å². The fourth-order valence-electron chi connectivity index (χ4n) is 10.0. The van der Waals surface area contributed by atoms with Gasteiger partial charge in [0.15, 0.2) is 0 Å². The number of amides is 7. The highest BCUT2D eigenvalue weighted by molar-refractivity contribution is 6.38. The molecule has 7 rings (SSSR count). The first-order valence-electron chi connectivity index (χ1n) is 23.7. The standard InChI is InChI=1S/C49H60ClF2N9O9/c1-27(2)41(57-37(62)10-6-5-7-20-59-38(63)15-16-39(59)64)46(67)56-34(9-8-19-54-48(53)70)45(66)55-29-13-11-28(12-14-29)25-61(3,4)36-24-58(26-49(36)17-18-49)43-33(52)21-30-42(40(43)50)60(35-22-32(35)51)23-31(44(30)65)47(68)69/h11-16,21,23,27,32,34-36,41H,5-10,17-20,22,24-26H2,1-4H3,(H6-,53,54,55,56,57,62,66,67,68,69,70)/p+1/t32-,34-,35-,36+,41-/m0/s1. The summed E-state index contributed by atoms with van der Waals surface area (Å²) in [6, 6.07) is 4.85. The van der Waals surface area contributed by atoms with Gasteiger partial charge in [0.2, 0.25) is 23.2 Å². The quantitative estimate of drug-likeness (QED) is 0.0467. The number of carboxylic acid groups (broad SMARTS) is 1. The number of aromatic carboxylic acids is 1. The molecule has 5 atom stereocenters. The summed E-state index contributed by atoms with van der Waals surface area (Å²) >= 11 is 6.97. The fourth-order valence-corrected chi connectivity index (χ4v) is 10.4. The van der Waals surface area contributed by atoms with Crippen molar-refractivity contribution in [1.82, 2.24) is 25.4 Å². The molecule has 7 N–H and O–H groups in total. The van der Waals surface area contributed by atoms with Crippen LogP contribution in [0.3, 0.4) is 0 Å². The first-order chi connectivity index (χ1) is 33.1. The zero-order valence-corrected chi connectivity index (χ0v) is 40.5. The van der Waals surface area contributed by atoms with Gasteiger partial charge >= 0.3 is 12.0 Å². The molecule has 1 saturated heterocycles. The van der Waals surface area contributed by atoms with Crippen LogP contribution in [-0.4, -0.2) is 125 Å². The van der Waals surface area contributed by atoms with Crippen LogP contribution in [0.5, 0.6) is 0 Å². The van der Waals surface area contributed by atoms with Gasteiger partial charge in [0.1, 0.15) is 42.2 Å². The van der Waals surface area contributed by atoms with Crippen molar-refractivity contribution in [3.63, 3.8) is 0 Å². The van der Waals surface area contributed by atoms with E-state index in [1.54, 1.807) is 26.0 Å². The molecule has 7 amide bonds. The molecule has 376 valence electrons. The lowest BCUT2D eigenvalue weighted by Gasteiger charge is -2.39. The van der Waals surface area contributed by atoms with E-state index in [0.29, 0.717) is 55.5 Å². The maximum atomic E-state index is 16.2. The first-order valence-corrected chi connectivity index (χ1v) is 24.1. The van der Waals surface area contributed by atoms with Crippen LogP contribution in [0.25, 0.3) is 10.9 Å². The van der Waals surface area contributed by atoms with E-state index in [2.05, 4.69) is 35.4 Å². The van der Waals surface area contributed by atoms with Crippen LogP contribution in [-0.2, 0) is 30.5 Å². The van der Waals surface area contributed by atoms with Gasteiger partial charge in [-0.05, 0) is 62.6 Å². The maximum absolute atomic E-state index is 16.2. The van der Waals surface area contributed by atoms with E-state index in [0.717, 1.165) is 35.6 Å². The molecule has 3 aromatic rings. The molecule has 1 aromatic heterocycles. The summed E-state index contributed by atoms with van der Waals surface area (Å²) in [7, 11) is 4.19. The molecule has 0 bridgehead atoms. The van der Waals surface area contributed by atoms with Gasteiger partial charge in [-0.2, -0.15) is 0 Å². The number of pyridine rings is 1. The molecule has 2 aromatic carbocycles. The van der Waals surface area contributed by atoms with Crippen molar-refractivity contribution in [1.29, 1.82) is 0 Å². The minimum absolute atomic E-state index is 0.0184. The highest BCUT2D eigenvalue weighted by atomic mass is 35.5. The van der Waals surface area contributed by atoms with Crippen LogP contribution >= 0.6 is 11.6 Å². The number of hydrogen-bond donors (Lipinski definition) is 6. The Morgan fingerprint density at radius 2 is 1.64 bits per heavy atom. The Morgan fingerprint density at radius 1 is 0.971 bits per heavy atom. The lowest BCUT2D eigenvalue weighted by atomic mass is 9.97. The summed E-state index contributed by atoms with van der Waals surface area (Å²) < 4.78 is 32.5. The number of urea groups is 1. The van der Waals surface area contributed by atoms with E-state index < -0.39 is 64.9 Å². The summed E-state index contributed by atoms with van der Waals surface area (Å²) in [5, 5.41) is 20.3. The SMILES string of the molecule is CC(C)[C@H](NC(=O)CCCCCN1C(=O)C=CC1=O)C(=O)N[C@@H](CCCNC(N)=O)C(=O)Nc1ccc(C[N+](C)(C)[C@@H]2CN(c3c(F)cc4c(=O)c(C(=O)O)cn([C@H]5C[C@@H]5F)c4c3Cl)CC23CC3)cc1. The molecule has 2 aliphatic heterocycles. The Hall–Kier alpha value is -6.41. The third-order valence-corrected chi connectivity index (χ3v) is 14.3. The van der Waals surface area contributed by atoms with Crippen molar-refractivity contribution in [2.75, 3.05) is 50.5 Å². The van der Waals surface area contributed by atoms with Crippen molar-refractivity contribution in [2.45, 2.75) is 109 Å². The van der Waals surface area contributed by atoms with Gasteiger partial charge in [-0.3, -0.25) is 33.7 Å². The van der Waals surface area contributed by atoms with Crippen LogP contribution in [0.15, 0.2) is 53.5 Å². The van der Waals surface area contributed by atoms with E-state index in [9.17, 15) is 47.9 Å². The van der Waals surface area contributed by atoms with Crippen molar-refractivity contribution < 1.29 is 51.9 Å². The Bertz CT molecular complexity index is 2650. The number of carbonyl (C=O) groups is 7. The van der Waals surface area contributed by atoms with Gasteiger partial charge in [0.25, 0.3) is 11.8 Å². The first kappa shape index (κ1) is 51.4. The van der Waals surface area contributed by atoms with Crippen LogP contribution in [0.1, 0.15) is 93.6 Å².